The van der Waals surface area contributed by atoms with Crippen molar-refractivity contribution < 1.29 is 96.8 Å². The molecule has 3 aliphatic rings. The molecule has 3 aliphatic heterocycles. The second kappa shape index (κ2) is 52.1. The normalized spacial score (nSPS) is 26.8. The van der Waals surface area contributed by atoms with Gasteiger partial charge in [-0.05, 0) is 70.0 Å². The third kappa shape index (κ3) is 33.9. The van der Waals surface area contributed by atoms with Crippen molar-refractivity contribution in [3.8, 4) is 0 Å². The zero-order valence-corrected chi connectivity index (χ0v) is 71.4. The molecule has 16 atom stereocenters. The number of nitrogens with two attached hydrogens (primary N) is 6. The molecule has 3 aromatic rings. The van der Waals surface area contributed by atoms with Crippen molar-refractivity contribution in [3.05, 3.63) is 54.2 Å². The summed E-state index contributed by atoms with van der Waals surface area (Å²) in [5, 5.41) is 90.2. The fourth-order valence-electron chi connectivity index (χ4n) is 11.8. The van der Waals surface area contributed by atoms with Crippen LogP contribution in [0.15, 0.2) is 43.0 Å². The molecule has 36 N–H and O–H groups in total. The van der Waals surface area contributed by atoms with Crippen LogP contribution in [0.5, 0.6) is 0 Å². The number of amides is 17. The Morgan fingerprint density at radius 3 is 1.30 bits per heavy atom. The summed E-state index contributed by atoms with van der Waals surface area (Å²) in [5.74, 6) is -23.9. The smallest absolute Gasteiger partial charge is 0.245 e. The van der Waals surface area contributed by atoms with E-state index < -0.39 is 276 Å². The molecule has 0 aliphatic carbocycles. The van der Waals surface area contributed by atoms with Gasteiger partial charge in [-0.2, -0.15) is 0 Å². The molecule has 0 unspecified atom stereocenters. The Hall–Kier alpha value is -10.6. The molecule has 0 spiro atoms. The predicted octanol–water partition coefficient (Wildman–Crippen LogP) is -11.5. The molecular formula is C69H106N28O20S6. The molecule has 3 fully saturated rings. The van der Waals surface area contributed by atoms with Gasteiger partial charge in [0.25, 0.3) is 0 Å². The highest BCUT2D eigenvalue weighted by Crippen LogP contribution is 2.28. The topological polar surface area (TPSA) is 804 Å². The van der Waals surface area contributed by atoms with Crippen molar-refractivity contribution in [1.82, 2.24) is 105 Å². The van der Waals surface area contributed by atoms with Gasteiger partial charge in [-0.15, -0.1) is 0 Å². The number of aromatic nitrogens is 3. The first-order valence-electron chi connectivity index (χ1n) is 38.5. The average Bonchev–Trinajstić information content (AvgIpc) is 1.17. The van der Waals surface area contributed by atoms with E-state index in [1.54, 1.807) is 30.5 Å². The van der Waals surface area contributed by atoms with Crippen molar-refractivity contribution in [2.24, 2.45) is 34.4 Å². The summed E-state index contributed by atoms with van der Waals surface area (Å²) in [6, 6.07) is -21.7. The van der Waals surface area contributed by atoms with Crippen LogP contribution in [0.4, 0.5) is 0 Å². The number of aromatic amines is 2. The van der Waals surface area contributed by atoms with E-state index in [0.29, 0.717) is 27.3 Å². The predicted molar refractivity (Wildman–Crippen MR) is 457 cm³/mol. The number of carbonyl (C=O) groups is 17. The summed E-state index contributed by atoms with van der Waals surface area (Å²) < 4.78 is 0. The lowest BCUT2D eigenvalue weighted by Crippen LogP contribution is -2.62. The number of imidazole rings is 1. The van der Waals surface area contributed by atoms with Gasteiger partial charge in [0.15, 0.2) is 11.9 Å². The van der Waals surface area contributed by atoms with Gasteiger partial charge in [0.1, 0.15) is 90.6 Å². The van der Waals surface area contributed by atoms with Crippen LogP contribution < -0.4 is 125 Å². The number of para-hydroxylation sites is 1. The standard InChI is InChI=1S/C69H106N28O20S6/c1-31-53(103)87-41(17-33-20-78-30-82-33)59(109)90-43(21-98)61(111)85-39(12-7-15-80-69(76)77)57(107)95-50-29-123-122-26-47-65(115)89-42(18-51(72)101)60(110)97-49(28-121-119-25-46(52(73)102)93-67(50)117)66(116)92-45(23-100)63(113)91-44(22-99)62(112)84-37(10-4-5-13-70)56(106)88-40(16-32-19-81-36-9-3-2-8-34(32)36)58(108)96-48(27-120-118-24-35(71)54(104)94-47)64(114)86-38(55(105)83-31)11-6-14-79-68(74)75/h2-3,8-9,19-20,30-31,35,37-50,81,98-100H,4-7,10-18,21-29,70-71H2,1H3,(H2,72,101)(H2,73,102)(H,78,82)(H,83,105)(H,84,112)(H,85,111)(H,86,114)(H,87,103)(H,88,106)(H,89,115)(H,90,109)(H,91,113)(H,92,116)(H,93,117)(H,94,104)(H,95,107)(H,96,108)(H,97,110)(H4,74,75,79)(H4,76,77,80)/t31-,35-,37-,38-,39-,40-,41-,42+,43-,44-,45-,46-,47-,48-,49-,50-/m0/s1. The van der Waals surface area contributed by atoms with E-state index in [2.05, 4.69) is 105 Å². The number of unbranched alkanes of at least 4 members (excludes halogenated alkanes) is 1. The van der Waals surface area contributed by atoms with Crippen LogP contribution in [0.25, 0.3) is 10.9 Å². The maximum Gasteiger partial charge on any atom is 0.245 e. The van der Waals surface area contributed by atoms with Crippen molar-refractivity contribution in [2.45, 2.75) is 168 Å². The van der Waals surface area contributed by atoms with Crippen LogP contribution in [0, 0.1) is 10.8 Å². The maximum absolute atomic E-state index is 15.4. The van der Waals surface area contributed by atoms with E-state index >= 15 is 9.59 Å². The fraction of sp³-hybridized carbons (Fsp3) is 0.565. The molecule has 1 aromatic carbocycles. The Kier molecular flexibility index (Phi) is 42.9. The number of nitrogens with one attached hydrogen (secondary N) is 21. The van der Waals surface area contributed by atoms with Gasteiger partial charge < -0.3 is 150 Å². The summed E-state index contributed by atoms with van der Waals surface area (Å²) in [6.07, 6.45) is 1.73. The van der Waals surface area contributed by atoms with E-state index in [0.717, 1.165) is 54.0 Å². The molecule has 678 valence electrons. The molecule has 17 amide bonds. The number of hydrogen-bond donors (Lipinski definition) is 30. The second-order valence-electron chi connectivity index (χ2n) is 28.1. The number of hydrogen-bond acceptors (Lipinski definition) is 31. The third-order valence-electron chi connectivity index (χ3n) is 18.6. The van der Waals surface area contributed by atoms with E-state index in [4.69, 9.17) is 45.2 Å². The average molecular weight is 1840 g/mol. The molecule has 123 heavy (non-hydrogen) atoms. The number of aliphatic hydroxyl groups excluding tert-OH is 3. The number of H-pyrrole nitrogens is 2. The molecule has 4 bridgehead atoms. The van der Waals surface area contributed by atoms with Crippen LogP contribution in [0.3, 0.4) is 0 Å². The Bertz CT molecular complexity index is 4220. The number of fused-ring (bicyclic) bond motifs is 17. The molecule has 54 heteroatoms. The zero-order valence-electron chi connectivity index (χ0n) is 66.5. The molecule has 48 nitrogen and oxygen atoms in total. The Morgan fingerprint density at radius 1 is 0.439 bits per heavy atom. The van der Waals surface area contributed by atoms with Gasteiger partial charge in [0, 0.05) is 89.4 Å². The highest BCUT2D eigenvalue weighted by atomic mass is 33.1. The maximum atomic E-state index is 15.4. The van der Waals surface area contributed by atoms with Gasteiger partial charge in [-0.25, -0.2) is 4.98 Å². The number of primary amides is 2. The van der Waals surface area contributed by atoms with Gasteiger partial charge in [-0.3, -0.25) is 92.3 Å². The fourth-order valence-corrected chi connectivity index (χ4v) is 18.8. The van der Waals surface area contributed by atoms with Crippen molar-refractivity contribution in [2.75, 3.05) is 74.0 Å². The van der Waals surface area contributed by atoms with E-state index in [1.165, 1.54) is 19.4 Å². The number of nitrogens with zero attached hydrogens (tertiary/aromatic N) is 1. The van der Waals surface area contributed by atoms with Crippen molar-refractivity contribution in [3.63, 3.8) is 0 Å². The summed E-state index contributed by atoms with van der Waals surface area (Å²) in [5.41, 5.74) is 36.3. The first kappa shape index (κ1) is 101. The number of rotatable bonds is 22. The van der Waals surface area contributed by atoms with E-state index in [-0.39, 0.29) is 76.7 Å². The first-order valence-corrected chi connectivity index (χ1v) is 45.9. The van der Waals surface area contributed by atoms with Gasteiger partial charge in [0.2, 0.25) is 100 Å². The van der Waals surface area contributed by atoms with Crippen LogP contribution in [0.1, 0.15) is 69.5 Å². The molecule has 3 saturated heterocycles. The van der Waals surface area contributed by atoms with Crippen LogP contribution >= 0.6 is 64.8 Å². The first-order chi connectivity index (χ1) is 58.6. The monoisotopic (exact) mass is 1840 g/mol. The number of benzene rings is 1. The van der Waals surface area contributed by atoms with Gasteiger partial charge in [0.05, 0.1) is 38.6 Å². The van der Waals surface area contributed by atoms with Crippen LogP contribution in [-0.2, 0) is 94.3 Å². The lowest BCUT2D eigenvalue weighted by molar-refractivity contribution is -0.137. The molecule has 2 aromatic heterocycles. The highest BCUT2D eigenvalue weighted by Gasteiger charge is 2.40. The lowest BCUT2D eigenvalue weighted by Gasteiger charge is -2.28. The Morgan fingerprint density at radius 2 is 0.821 bits per heavy atom. The number of carbonyl (C=O) groups excluding carboxylic acids is 17. The summed E-state index contributed by atoms with van der Waals surface area (Å²) in [4.78, 5) is 257. The van der Waals surface area contributed by atoms with Crippen molar-refractivity contribution >= 4 is 188 Å². The van der Waals surface area contributed by atoms with E-state index in [9.17, 15) is 87.2 Å². The minimum absolute atomic E-state index is 0.0396. The van der Waals surface area contributed by atoms with Crippen LogP contribution in [-0.4, -0.2) is 313 Å². The van der Waals surface area contributed by atoms with Gasteiger partial charge in [-0.1, -0.05) is 83.0 Å². The summed E-state index contributed by atoms with van der Waals surface area (Å²) in [6.45, 7) is -2.54. The van der Waals surface area contributed by atoms with Crippen molar-refractivity contribution in [1.29, 1.82) is 10.8 Å². The zero-order chi connectivity index (χ0) is 90.4. The SMILES string of the molecule is C[C@@H]1NC(=O)[C@H](CCCNC(=N)N)NC(=O)[C@@H]2CSSC[C@H](N)C(=O)N[C@H]3CSSC[C@H](NC(=O)[C@H](CCCNC(=N)N)NC(=O)[C@H](CO)NC(=O)[C@H](Cc4cnc[nH]4)NC1=O)C(=O)N[C@H](C(N)=O)CSSC[C@H](NC(=O)[C@@H](CC(N)=O)NC3=O)C(=O)N[C@@H](CO)C(=O)N[C@@H](CO)C(=O)N[C@@H](CCCCN)C(=O)N[C@@H](Cc1c[nH]c3ccccc13)C(=O)N2. The minimum atomic E-state index is -2.07. The highest BCUT2D eigenvalue weighted by molar-refractivity contribution is 8.77. The van der Waals surface area contributed by atoms with Gasteiger partial charge >= 0.3 is 0 Å². The lowest BCUT2D eigenvalue weighted by atomic mass is 10.0. The number of aliphatic hydroxyl groups is 3. The molecular weight excluding hydrogens is 1730 g/mol. The molecule has 6 rings (SSSR count). The molecule has 0 saturated carbocycles. The van der Waals surface area contributed by atoms with E-state index in [1.807, 2.05) is 0 Å². The summed E-state index contributed by atoms with van der Waals surface area (Å²) in [7, 11) is 4.59. The quantitative estimate of drug-likeness (QED) is 0.0192. The van der Waals surface area contributed by atoms with Crippen LogP contribution in [0.2, 0.25) is 0 Å². The summed E-state index contributed by atoms with van der Waals surface area (Å²) >= 11 is 0. The molecule has 0 radical (unpaired) electrons. The number of guanidine groups is 2. The minimum Gasteiger partial charge on any atom is -0.394 e. The molecule has 5 heterocycles. The Balaban J connectivity index is 1.58. The third-order valence-corrected chi connectivity index (χ3v) is 25.9. The second-order valence-corrected chi connectivity index (χ2v) is 35.8. The Labute approximate surface area is 727 Å². The largest absolute Gasteiger partial charge is 0.394 e.